The van der Waals surface area contributed by atoms with Crippen LogP contribution in [0.4, 0.5) is 0 Å². The van der Waals surface area contributed by atoms with Gasteiger partial charge in [-0.15, -0.1) is 0 Å². The Morgan fingerprint density at radius 1 is 1.62 bits per heavy atom. The summed E-state index contributed by atoms with van der Waals surface area (Å²) in [4.78, 5) is 21.1. The van der Waals surface area contributed by atoms with Gasteiger partial charge < -0.3 is 4.74 Å². The lowest BCUT2D eigenvalue weighted by molar-refractivity contribution is -0.141. The fourth-order valence-electron chi connectivity index (χ4n) is 0.749. The third-order valence-electron chi connectivity index (χ3n) is 1.19. The van der Waals surface area contributed by atoms with Gasteiger partial charge in [-0.25, -0.2) is 5.01 Å². The molecule has 0 aliphatic heterocycles. The number of esters is 1. The van der Waals surface area contributed by atoms with Crippen LogP contribution in [0.3, 0.4) is 0 Å². The summed E-state index contributed by atoms with van der Waals surface area (Å²) in [5.41, 5.74) is 0.549. The van der Waals surface area contributed by atoms with Crippen molar-refractivity contribution in [3.63, 3.8) is 0 Å². The first kappa shape index (κ1) is 11.6. The van der Waals surface area contributed by atoms with Crippen LogP contribution in [-0.4, -0.2) is 36.8 Å². The van der Waals surface area contributed by atoms with Crippen LogP contribution in [0.2, 0.25) is 0 Å². The molecular weight excluding hydrogens is 172 g/mol. The summed E-state index contributed by atoms with van der Waals surface area (Å²) >= 11 is 0. The minimum atomic E-state index is -0.331. The SMILES string of the molecule is CCOC(=O)C/C(C)=N\N(C)C=O. The fraction of sp³-hybridized carbons (Fsp3) is 0.625. The average molecular weight is 186 g/mol. The van der Waals surface area contributed by atoms with Gasteiger partial charge in [0.15, 0.2) is 0 Å². The summed E-state index contributed by atoms with van der Waals surface area (Å²) in [5, 5.41) is 4.90. The molecule has 0 aliphatic rings. The molecule has 1 amide bonds. The molecule has 0 bridgehead atoms. The van der Waals surface area contributed by atoms with Gasteiger partial charge in [0.2, 0.25) is 6.41 Å². The molecule has 0 heterocycles. The first-order valence-corrected chi connectivity index (χ1v) is 3.98. The molecule has 0 atom stereocenters. The van der Waals surface area contributed by atoms with Gasteiger partial charge in [0, 0.05) is 12.8 Å². The van der Waals surface area contributed by atoms with Crippen molar-refractivity contribution in [3.8, 4) is 0 Å². The van der Waals surface area contributed by atoms with E-state index in [4.69, 9.17) is 4.74 Å². The molecule has 0 unspecified atom stereocenters. The van der Waals surface area contributed by atoms with E-state index in [9.17, 15) is 9.59 Å². The summed E-state index contributed by atoms with van der Waals surface area (Å²) in [6, 6.07) is 0. The van der Waals surface area contributed by atoms with Gasteiger partial charge in [-0.1, -0.05) is 0 Å². The zero-order valence-corrected chi connectivity index (χ0v) is 8.11. The van der Waals surface area contributed by atoms with Crippen LogP contribution in [0.5, 0.6) is 0 Å². The molecule has 0 radical (unpaired) electrons. The maximum absolute atomic E-state index is 10.9. The summed E-state index contributed by atoms with van der Waals surface area (Å²) in [6.07, 6.45) is 0.681. The molecule has 0 aromatic rings. The van der Waals surface area contributed by atoms with Crippen molar-refractivity contribution in [3.05, 3.63) is 0 Å². The number of hydrogen-bond donors (Lipinski definition) is 0. The number of carbonyl (C=O) groups excluding carboxylic acids is 2. The van der Waals surface area contributed by atoms with E-state index < -0.39 is 0 Å². The highest BCUT2D eigenvalue weighted by atomic mass is 16.5. The molecule has 0 N–H and O–H groups in total. The molecule has 0 saturated heterocycles. The van der Waals surface area contributed by atoms with Crippen LogP contribution in [0.25, 0.3) is 0 Å². The van der Waals surface area contributed by atoms with Crippen molar-refractivity contribution in [2.24, 2.45) is 5.10 Å². The number of amides is 1. The van der Waals surface area contributed by atoms with Crippen molar-refractivity contribution < 1.29 is 14.3 Å². The van der Waals surface area contributed by atoms with Crippen LogP contribution >= 0.6 is 0 Å². The Balaban J connectivity index is 3.98. The lowest BCUT2D eigenvalue weighted by atomic mass is 10.3. The minimum Gasteiger partial charge on any atom is -0.466 e. The van der Waals surface area contributed by atoms with Gasteiger partial charge in [0.1, 0.15) is 0 Å². The maximum Gasteiger partial charge on any atom is 0.311 e. The molecule has 0 aromatic carbocycles. The summed E-state index contributed by atoms with van der Waals surface area (Å²) in [6.45, 7) is 3.76. The lowest BCUT2D eigenvalue weighted by Crippen LogP contribution is -2.14. The van der Waals surface area contributed by atoms with Crippen LogP contribution in [0, 0.1) is 0 Å². The highest BCUT2D eigenvalue weighted by Crippen LogP contribution is 1.92. The molecular formula is C8H14N2O3. The molecule has 5 nitrogen and oxygen atoms in total. The lowest BCUT2D eigenvalue weighted by Gasteiger charge is -2.05. The Labute approximate surface area is 77.4 Å². The fourth-order valence-corrected chi connectivity index (χ4v) is 0.749. The van der Waals surface area contributed by atoms with E-state index in [1.165, 1.54) is 7.05 Å². The Bertz CT molecular complexity index is 213. The van der Waals surface area contributed by atoms with Gasteiger partial charge in [-0.2, -0.15) is 5.10 Å². The van der Waals surface area contributed by atoms with E-state index >= 15 is 0 Å². The summed E-state index contributed by atoms with van der Waals surface area (Å²) in [7, 11) is 1.50. The van der Waals surface area contributed by atoms with Crippen LogP contribution < -0.4 is 0 Å². The Morgan fingerprint density at radius 2 is 2.23 bits per heavy atom. The topological polar surface area (TPSA) is 59.0 Å². The average Bonchev–Trinajstić information content (AvgIpc) is 2.04. The first-order valence-electron chi connectivity index (χ1n) is 3.98. The molecule has 74 valence electrons. The van der Waals surface area contributed by atoms with Gasteiger partial charge in [-0.05, 0) is 13.8 Å². The molecule has 0 fully saturated rings. The highest BCUT2D eigenvalue weighted by molar-refractivity contribution is 5.97. The highest BCUT2D eigenvalue weighted by Gasteiger charge is 2.04. The van der Waals surface area contributed by atoms with Crippen molar-refractivity contribution in [2.75, 3.05) is 13.7 Å². The molecule has 0 saturated carbocycles. The normalized spacial score (nSPS) is 10.8. The van der Waals surface area contributed by atoms with Crippen molar-refractivity contribution in [1.29, 1.82) is 0 Å². The number of hydrazone groups is 1. The smallest absolute Gasteiger partial charge is 0.311 e. The van der Waals surface area contributed by atoms with Crippen molar-refractivity contribution in [1.82, 2.24) is 5.01 Å². The van der Waals surface area contributed by atoms with E-state index in [1.54, 1.807) is 13.8 Å². The standard InChI is InChI=1S/C8H14N2O3/c1-4-13-8(12)5-7(2)9-10(3)6-11/h6H,4-5H2,1-3H3/b9-7-. The predicted octanol–water partition coefficient (Wildman–Crippen LogP) is 0.404. The molecule has 0 spiro atoms. The first-order chi connectivity index (χ1) is 6.10. The van der Waals surface area contributed by atoms with E-state index in [0.717, 1.165) is 5.01 Å². The number of ether oxygens (including phenoxy) is 1. The maximum atomic E-state index is 10.9. The van der Waals surface area contributed by atoms with Crippen LogP contribution in [0.15, 0.2) is 5.10 Å². The third kappa shape index (κ3) is 5.84. The molecule has 0 aliphatic carbocycles. The quantitative estimate of drug-likeness (QED) is 0.270. The van der Waals surface area contributed by atoms with E-state index in [0.29, 0.717) is 18.7 Å². The number of carbonyl (C=O) groups is 2. The second kappa shape index (κ2) is 6.16. The Kier molecular flexibility index (Phi) is 5.50. The second-order valence-electron chi connectivity index (χ2n) is 2.50. The summed E-state index contributed by atoms with van der Waals surface area (Å²) in [5.74, 6) is -0.331. The number of nitrogens with zero attached hydrogens (tertiary/aromatic N) is 2. The predicted molar refractivity (Wildman–Crippen MR) is 48.2 cm³/mol. The van der Waals surface area contributed by atoms with Gasteiger partial charge in [0.25, 0.3) is 0 Å². The Morgan fingerprint density at radius 3 is 2.69 bits per heavy atom. The van der Waals surface area contributed by atoms with Crippen molar-refractivity contribution >= 4 is 18.1 Å². The van der Waals surface area contributed by atoms with Crippen molar-refractivity contribution in [2.45, 2.75) is 20.3 Å². The van der Waals surface area contributed by atoms with Gasteiger partial charge >= 0.3 is 5.97 Å². The largest absolute Gasteiger partial charge is 0.466 e. The number of hydrogen-bond acceptors (Lipinski definition) is 4. The van der Waals surface area contributed by atoms with E-state index in [2.05, 4.69) is 5.10 Å². The van der Waals surface area contributed by atoms with Crippen LogP contribution in [-0.2, 0) is 14.3 Å². The molecule has 13 heavy (non-hydrogen) atoms. The molecule has 0 rings (SSSR count). The monoisotopic (exact) mass is 186 g/mol. The van der Waals surface area contributed by atoms with E-state index in [-0.39, 0.29) is 12.4 Å². The van der Waals surface area contributed by atoms with Gasteiger partial charge in [0.05, 0.1) is 13.0 Å². The zero-order chi connectivity index (χ0) is 10.3. The zero-order valence-electron chi connectivity index (χ0n) is 8.11. The second-order valence-corrected chi connectivity index (χ2v) is 2.50. The molecule has 5 heteroatoms. The Hall–Kier alpha value is -1.39. The van der Waals surface area contributed by atoms with E-state index in [1.807, 2.05) is 0 Å². The molecule has 0 aromatic heterocycles. The number of rotatable bonds is 5. The van der Waals surface area contributed by atoms with Crippen LogP contribution in [0.1, 0.15) is 20.3 Å². The third-order valence-corrected chi connectivity index (χ3v) is 1.19. The summed E-state index contributed by atoms with van der Waals surface area (Å²) < 4.78 is 4.70. The minimum absolute atomic E-state index is 0.117. The van der Waals surface area contributed by atoms with Gasteiger partial charge in [-0.3, -0.25) is 9.59 Å².